The molecule has 0 heterocycles. The quantitative estimate of drug-likeness (QED) is 0.556. The normalized spacial score (nSPS) is 8.94. The van der Waals surface area contributed by atoms with E-state index in [1.54, 1.807) is 7.05 Å². The molecule has 0 saturated heterocycles. The minimum absolute atomic E-state index is 0.00949. The van der Waals surface area contributed by atoms with Crippen LogP contribution in [0.4, 0.5) is 0 Å². The molecule has 0 atom stereocenters. The van der Waals surface area contributed by atoms with Crippen LogP contribution in [0.3, 0.4) is 0 Å². The largest absolute Gasteiger partial charge is 0.424 e. The molecule has 0 fully saturated rings. The molecular formula is C13H21N3O. The van der Waals surface area contributed by atoms with E-state index in [9.17, 15) is 0 Å². The Labute approximate surface area is 103 Å². The topological polar surface area (TPSA) is 69.0 Å². The maximum absolute atomic E-state index is 7.62. The zero-order chi connectivity index (χ0) is 13.3. The number of hydrogen-bond acceptors (Lipinski definition) is 4. The van der Waals surface area contributed by atoms with E-state index in [2.05, 4.69) is 5.32 Å². The van der Waals surface area contributed by atoms with Gasteiger partial charge in [0.1, 0.15) is 0 Å². The van der Waals surface area contributed by atoms with Gasteiger partial charge in [-0.1, -0.05) is 31.5 Å². The Kier molecular flexibility index (Phi) is 7.63. The van der Waals surface area contributed by atoms with Crippen LogP contribution in [0, 0.1) is 17.7 Å². The van der Waals surface area contributed by atoms with Crippen LogP contribution in [-0.2, 0) is 4.74 Å². The Bertz CT molecular complexity index is 357. The molecule has 0 radical (unpaired) electrons. The summed E-state index contributed by atoms with van der Waals surface area (Å²) in [5.74, 6) is 0.0540. The number of benzene rings is 1. The zero-order valence-electron chi connectivity index (χ0n) is 10.9. The number of aryl methyl sites for hydroxylation is 1. The molecule has 4 heteroatoms. The lowest BCUT2D eigenvalue weighted by atomic mass is 10.1. The lowest BCUT2D eigenvalue weighted by molar-refractivity contribution is 0.518. The van der Waals surface area contributed by atoms with Crippen LogP contribution in [0.2, 0.25) is 0 Å². The summed E-state index contributed by atoms with van der Waals surface area (Å²) >= 11 is 0. The molecule has 0 aliphatic rings. The Balaban J connectivity index is 0.00000121. The molecule has 0 bridgehead atoms. The third-order valence-electron chi connectivity index (χ3n) is 1.88. The molecule has 4 nitrogen and oxygen atoms in total. The summed E-state index contributed by atoms with van der Waals surface area (Å²) in [6.45, 7) is 6.31. The van der Waals surface area contributed by atoms with Gasteiger partial charge in [0.15, 0.2) is 0 Å². The van der Waals surface area contributed by atoms with Gasteiger partial charge in [0.2, 0.25) is 11.8 Å². The first-order valence-electron chi connectivity index (χ1n) is 5.69. The molecule has 0 unspecified atom stereocenters. The van der Waals surface area contributed by atoms with Crippen molar-refractivity contribution in [3.63, 3.8) is 0 Å². The van der Waals surface area contributed by atoms with Gasteiger partial charge in [-0.3, -0.25) is 10.8 Å². The summed E-state index contributed by atoms with van der Waals surface area (Å²) in [5.41, 5.74) is 1.82. The van der Waals surface area contributed by atoms with Crippen molar-refractivity contribution in [2.24, 2.45) is 0 Å². The van der Waals surface area contributed by atoms with Crippen LogP contribution in [0.1, 0.15) is 25.0 Å². The highest BCUT2D eigenvalue weighted by Gasteiger charge is 2.05. The first-order chi connectivity index (χ1) is 8.13. The molecule has 0 aromatic heterocycles. The van der Waals surface area contributed by atoms with Crippen molar-refractivity contribution in [2.45, 2.75) is 20.8 Å². The third-order valence-corrected chi connectivity index (χ3v) is 1.88. The molecule has 17 heavy (non-hydrogen) atoms. The van der Waals surface area contributed by atoms with Crippen molar-refractivity contribution < 1.29 is 4.74 Å². The van der Waals surface area contributed by atoms with Gasteiger partial charge in [-0.2, -0.15) is 0 Å². The van der Waals surface area contributed by atoms with Crippen LogP contribution in [0.15, 0.2) is 24.3 Å². The van der Waals surface area contributed by atoms with Crippen LogP contribution in [0.25, 0.3) is 0 Å². The monoisotopic (exact) mass is 235 g/mol. The summed E-state index contributed by atoms with van der Waals surface area (Å²) in [7, 11) is 1.73. The number of hydrogen-bond donors (Lipinski definition) is 3. The molecule has 1 aromatic carbocycles. The first-order valence-corrected chi connectivity index (χ1v) is 5.69. The standard InChI is InChI=1S/C11H15N3O.C2H6/c1-8-3-5-9(6-4-8)11(13)15-10(12)7-14-2;1-2/h3-6,12-14H,7H2,1-2H3;1-2H3. The van der Waals surface area contributed by atoms with Crippen LogP contribution in [-0.4, -0.2) is 25.4 Å². The van der Waals surface area contributed by atoms with E-state index in [1.807, 2.05) is 45.0 Å². The van der Waals surface area contributed by atoms with Crippen molar-refractivity contribution >= 4 is 11.8 Å². The van der Waals surface area contributed by atoms with Gasteiger partial charge in [0.05, 0.1) is 6.54 Å². The van der Waals surface area contributed by atoms with Gasteiger partial charge < -0.3 is 10.1 Å². The van der Waals surface area contributed by atoms with Gasteiger partial charge in [-0.05, 0) is 26.1 Å². The average molecular weight is 235 g/mol. The fourth-order valence-corrected chi connectivity index (χ4v) is 1.08. The highest BCUT2D eigenvalue weighted by molar-refractivity contribution is 5.99. The molecule has 1 rings (SSSR count). The third kappa shape index (κ3) is 5.82. The summed E-state index contributed by atoms with van der Waals surface area (Å²) in [6.07, 6.45) is 0. The summed E-state index contributed by atoms with van der Waals surface area (Å²) in [4.78, 5) is 0. The van der Waals surface area contributed by atoms with Crippen molar-refractivity contribution in [2.75, 3.05) is 13.6 Å². The van der Waals surface area contributed by atoms with Gasteiger partial charge in [-0.15, -0.1) is 0 Å². The smallest absolute Gasteiger partial charge is 0.220 e. The predicted octanol–water partition coefficient (Wildman–Crippen LogP) is 2.56. The van der Waals surface area contributed by atoms with E-state index in [4.69, 9.17) is 15.6 Å². The number of rotatable bonds is 3. The zero-order valence-corrected chi connectivity index (χ0v) is 10.9. The Morgan fingerprint density at radius 3 is 2.18 bits per heavy atom. The molecule has 0 aliphatic heterocycles. The van der Waals surface area contributed by atoms with Crippen LogP contribution in [0.5, 0.6) is 0 Å². The molecule has 1 aromatic rings. The van der Waals surface area contributed by atoms with Crippen LogP contribution < -0.4 is 5.32 Å². The minimum Gasteiger partial charge on any atom is -0.424 e. The summed E-state index contributed by atoms with van der Waals surface area (Å²) < 4.78 is 5.02. The van der Waals surface area contributed by atoms with Crippen molar-refractivity contribution in [3.8, 4) is 0 Å². The molecule has 0 spiro atoms. The predicted molar refractivity (Wildman–Crippen MR) is 72.1 cm³/mol. The van der Waals surface area contributed by atoms with Gasteiger partial charge in [-0.25, -0.2) is 0 Å². The number of likely N-dealkylation sites (N-methyl/N-ethyl adjacent to an activating group) is 1. The minimum atomic E-state index is 0.00949. The maximum Gasteiger partial charge on any atom is 0.220 e. The Hall–Kier alpha value is -1.68. The lowest BCUT2D eigenvalue weighted by Gasteiger charge is -2.07. The van der Waals surface area contributed by atoms with Gasteiger partial charge in [0.25, 0.3) is 0 Å². The molecule has 0 aliphatic carbocycles. The highest BCUT2D eigenvalue weighted by Crippen LogP contribution is 2.04. The Morgan fingerprint density at radius 1 is 1.18 bits per heavy atom. The molecule has 3 N–H and O–H groups in total. The van der Waals surface area contributed by atoms with Crippen molar-refractivity contribution in [3.05, 3.63) is 35.4 Å². The van der Waals surface area contributed by atoms with Gasteiger partial charge >= 0.3 is 0 Å². The van der Waals surface area contributed by atoms with E-state index < -0.39 is 0 Å². The van der Waals surface area contributed by atoms with Gasteiger partial charge in [0, 0.05) is 5.56 Å². The molecule has 0 amide bonds. The molecular weight excluding hydrogens is 214 g/mol. The maximum atomic E-state index is 7.62. The number of ether oxygens (including phenoxy) is 1. The lowest BCUT2D eigenvalue weighted by Crippen LogP contribution is -2.23. The van der Waals surface area contributed by atoms with E-state index in [1.165, 1.54) is 0 Å². The average Bonchev–Trinajstić information content (AvgIpc) is 2.32. The second kappa shape index (κ2) is 8.47. The summed E-state index contributed by atoms with van der Waals surface area (Å²) in [6, 6.07) is 7.44. The van der Waals surface area contributed by atoms with Crippen molar-refractivity contribution in [1.82, 2.24) is 5.32 Å². The number of nitrogens with one attached hydrogen (secondary N) is 3. The second-order valence-corrected chi connectivity index (χ2v) is 3.25. The van der Waals surface area contributed by atoms with Crippen LogP contribution >= 0.6 is 0 Å². The van der Waals surface area contributed by atoms with E-state index in [-0.39, 0.29) is 11.8 Å². The molecule has 94 valence electrons. The molecule has 0 saturated carbocycles. The first kappa shape index (κ1) is 15.3. The fraction of sp³-hybridized carbons (Fsp3) is 0.385. The fourth-order valence-electron chi connectivity index (χ4n) is 1.08. The Morgan fingerprint density at radius 2 is 1.71 bits per heavy atom. The SMILES string of the molecule is CC.CNCC(=N)OC(=N)c1ccc(C)cc1. The second-order valence-electron chi connectivity index (χ2n) is 3.25. The van der Waals surface area contributed by atoms with Crippen molar-refractivity contribution in [1.29, 1.82) is 10.8 Å². The summed E-state index contributed by atoms with van der Waals surface area (Å²) in [5, 5.41) is 17.8. The van der Waals surface area contributed by atoms with E-state index in [0.717, 1.165) is 5.56 Å². The highest BCUT2D eigenvalue weighted by atomic mass is 16.5. The van der Waals surface area contributed by atoms with E-state index >= 15 is 0 Å². The van der Waals surface area contributed by atoms with E-state index in [0.29, 0.717) is 12.1 Å².